The zero-order valence-electron chi connectivity index (χ0n) is 9.96. The highest BCUT2D eigenvalue weighted by Crippen LogP contribution is 2.22. The first kappa shape index (κ1) is 11.3. The molecule has 0 aliphatic heterocycles. The maximum absolute atomic E-state index is 8.78. The van der Waals surface area contributed by atoms with Gasteiger partial charge < -0.3 is 0 Å². The molecule has 0 aliphatic carbocycles. The maximum atomic E-state index is 8.78. The van der Waals surface area contributed by atoms with E-state index in [-0.39, 0.29) is 6.54 Å². The molecule has 17 heavy (non-hydrogen) atoms. The van der Waals surface area contributed by atoms with Gasteiger partial charge in [0, 0.05) is 23.7 Å². The third kappa shape index (κ3) is 2.34. The fourth-order valence-corrected chi connectivity index (χ4v) is 1.74. The fourth-order valence-electron chi connectivity index (χ4n) is 1.74. The Morgan fingerprint density at radius 2 is 2.29 bits per heavy atom. The van der Waals surface area contributed by atoms with Crippen LogP contribution in [0.2, 0.25) is 0 Å². The first-order valence-corrected chi connectivity index (χ1v) is 5.57. The Morgan fingerprint density at radius 1 is 1.47 bits per heavy atom. The fraction of sp³-hybridized carbons (Fsp3) is 0.308. The molecule has 2 rings (SSSR count). The van der Waals surface area contributed by atoms with Crippen molar-refractivity contribution in [2.75, 3.05) is 0 Å². The minimum absolute atomic E-state index is 0.285. The third-order valence-electron chi connectivity index (χ3n) is 2.58. The lowest BCUT2D eigenvalue weighted by atomic mass is 10.1. The van der Waals surface area contributed by atoms with Gasteiger partial charge in [0.15, 0.2) is 0 Å². The van der Waals surface area contributed by atoms with Crippen LogP contribution in [0.15, 0.2) is 30.6 Å². The van der Waals surface area contributed by atoms with E-state index >= 15 is 0 Å². The van der Waals surface area contributed by atoms with Crippen LogP contribution >= 0.6 is 0 Å². The van der Waals surface area contributed by atoms with Crippen molar-refractivity contribution in [2.45, 2.75) is 26.3 Å². The normalized spacial score (nSPS) is 10.5. The van der Waals surface area contributed by atoms with E-state index in [0.29, 0.717) is 5.92 Å². The number of aromatic nitrogens is 3. The van der Waals surface area contributed by atoms with E-state index in [2.05, 4.69) is 30.0 Å². The van der Waals surface area contributed by atoms with Crippen LogP contribution in [0.25, 0.3) is 11.3 Å². The second-order valence-corrected chi connectivity index (χ2v) is 4.17. The van der Waals surface area contributed by atoms with Crippen molar-refractivity contribution >= 4 is 0 Å². The quantitative estimate of drug-likeness (QED) is 0.808. The molecule has 0 fully saturated rings. The van der Waals surface area contributed by atoms with Crippen LogP contribution in [0.5, 0.6) is 0 Å². The molecule has 0 N–H and O–H groups in total. The van der Waals surface area contributed by atoms with E-state index in [1.807, 2.05) is 18.2 Å². The summed E-state index contributed by atoms with van der Waals surface area (Å²) in [7, 11) is 0. The predicted octanol–water partition coefficient (Wildman–Crippen LogP) is 2.59. The molecule has 0 saturated heterocycles. The topological polar surface area (TPSA) is 54.5 Å². The largest absolute Gasteiger partial charge is 0.264 e. The molecule has 0 radical (unpaired) electrons. The summed E-state index contributed by atoms with van der Waals surface area (Å²) in [6.07, 6.45) is 3.52. The van der Waals surface area contributed by atoms with Crippen molar-refractivity contribution in [3.05, 3.63) is 36.3 Å². The smallest absolute Gasteiger partial charge is 0.128 e. The van der Waals surface area contributed by atoms with Gasteiger partial charge in [0.25, 0.3) is 0 Å². The van der Waals surface area contributed by atoms with Gasteiger partial charge in [0.2, 0.25) is 0 Å². The first-order valence-electron chi connectivity index (χ1n) is 5.57. The Bertz CT molecular complexity index is 534. The molecule has 4 nitrogen and oxygen atoms in total. The van der Waals surface area contributed by atoms with Gasteiger partial charge in [-0.05, 0) is 24.1 Å². The summed E-state index contributed by atoms with van der Waals surface area (Å²) in [5.74, 6) is 0.348. The lowest BCUT2D eigenvalue weighted by Crippen LogP contribution is -2.04. The number of hydrogen-bond donors (Lipinski definition) is 0. The lowest BCUT2D eigenvalue weighted by molar-refractivity contribution is 0.634. The summed E-state index contributed by atoms with van der Waals surface area (Å²) in [5, 5.41) is 13.2. The molecule has 0 aromatic carbocycles. The van der Waals surface area contributed by atoms with Gasteiger partial charge in [-0.15, -0.1) is 0 Å². The molecule has 0 unspecified atom stereocenters. The Balaban J connectivity index is 2.44. The molecule has 2 aromatic heterocycles. The molecule has 0 spiro atoms. The van der Waals surface area contributed by atoms with Crippen molar-refractivity contribution in [3.8, 4) is 17.3 Å². The third-order valence-corrected chi connectivity index (χ3v) is 2.58. The highest BCUT2D eigenvalue weighted by molar-refractivity contribution is 5.58. The van der Waals surface area contributed by atoms with Crippen LogP contribution in [-0.2, 0) is 6.54 Å². The van der Waals surface area contributed by atoms with E-state index in [1.54, 1.807) is 17.1 Å². The second-order valence-electron chi connectivity index (χ2n) is 4.17. The van der Waals surface area contributed by atoms with Gasteiger partial charge >= 0.3 is 0 Å². The Kier molecular flexibility index (Phi) is 3.20. The number of pyridine rings is 1. The number of nitrogens with zero attached hydrogens (tertiary/aromatic N) is 4. The molecule has 86 valence electrons. The highest BCUT2D eigenvalue weighted by Gasteiger charge is 2.11. The summed E-state index contributed by atoms with van der Waals surface area (Å²) < 4.78 is 1.76. The molecule has 0 amide bonds. The Hall–Kier alpha value is -2.15. The molecular formula is C13H14N4. The number of nitriles is 1. The monoisotopic (exact) mass is 226 g/mol. The number of rotatable bonds is 3. The van der Waals surface area contributed by atoms with Crippen molar-refractivity contribution in [1.29, 1.82) is 5.26 Å². The lowest BCUT2D eigenvalue weighted by Gasteiger charge is -2.05. The van der Waals surface area contributed by atoms with Crippen LogP contribution in [0.3, 0.4) is 0 Å². The molecule has 0 saturated carbocycles. The molecule has 4 heteroatoms. The predicted molar refractivity (Wildman–Crippen MR) is 65.2 cm³/mol. The number of hydrogen-bond acceptors (Lipinski definition) is 3. The first-order chi connectivity index (χ1) is 8.22. The van der Waals surface area contributed by atoms with E-state index in [4.69, 9.17) is 5.26 Å². The van der Waals surface area contributed by atoms with Gasteiger partial charge in [-0.2, -0.15) is 10.4 Å². The van der Waals surface area contributed by atoms with Crippen LogP contribution in [0.1, 0.15) is 25.5 Å². The van der Waals surface area contributed by atoms with Crippen molar-refractivity contribution < 1.29 is 0 Å². The van der Waals surface area contributed by atoms with Crippen LogP contribution in [0, 0.1) is 11.3 Å². The molecule has 2 aromatic rings. The molecule has 2 heterocycles. The zero-order chi connectivity index (χ0) is 12.3. The average molecular weight is 226 g/mol. The Morgan fingerprint density at radius 3 is 2.88 bits per heavy atom. The summed E-state index contributed by atoms with van der Waals surface area (Å²) in [6, 6.07) is 8.01. The summed E-state index contributed by atoms with van der Waals surface area (Å²) in [6.45, 7) is 4.48. The van der Waals surface area contributed by atoms with Gasteiger partial charge in [-0.25, -0.2) is 0 Å². The second kappa shape index (κ2) is 4.79. The van der Waals surface area contributed by atoms with Crippen molar-refractivity contribution in [2.24, 2.45) is 0 Å². The van der Waals surface area contributed by atoms with Crippen molar-refractivity contribution in [1.82, 2.24) is 14.8 Å². The van der Waals surface area contributed by atoms with E-state index in [9.17, 15) is 0 Å². The Labute approximate surface area is 101 Å². The van der Waals surface area contributed by atoms with E-state index < -0.39 is 0 Å². The molecule has 0 atom stereocenters. The SMILES string of the molecule is CC(C)c1cc(-c2cccnc2)nn1CC#N. The van der Waals surface area contributed by atoms with Crippen LogP contribution in [-0.4, -0.2) is 14.8 Å². The van der Waals surface area contributed by atoms with Gasteiger partial charge in [-0.3, -0.25) is 9.67 Å². The summed E-state index contributed by atoms with van der Waals surface area (Å²) in [5.41, 5.74) is 2.92. The minimum Gasteiger partial charge on any atom is -0.264 e. The summed E-state index contributed by atoms with van der Waals surface area (Å²) in [4.78, 5) is 4.08. The molecular weight excluding hydrogens is 212 g/mol. The molecule has 0 bridgehead atoms. The van der Waals surface area contributed by atoms with Crippen LogP contribution < -0.4 is 0 Å². The standard InChI is InChI=1S/C13H14N4/c1-10(2)13-8-12(16-17(13)7-5-14)11-4-3-6-15-9-11/h3-4,6,8-10H,7H2,1-2H3. The minimum atomic E-state index is 0.285. The van der Waals surface area contributed by atoms with Crippen LogP contribution in [0.4, 0.5) is 0 Å². The maximum Gasteiger partial charge on any atom is 0.128 e. The van der Waals surface area contributed by atoms with Gasteiger partial charge in [0.05, 0.1) is 11.8 Å². The van der Waals surface area contributed by atoms with Gasteiger partial charge in [0.1, 0.15) is 6.54 Å². The summed E-state index contributed by atoms with van der Waals surface area (Å²) >= 11 is 0. The average Bonchev–Trinajstić information content (AvgIpc) is 2.75. The van der Waals surface area contributed by atoms with Crippen molar-refractivity contribution in [3.63, 3.8) is 0 Å². The van der Waals surface area contributed by atoms with E-state index in [0.717, 1.165) is 17.0 Å². The highest BCUT2D eigenvalue weighted by atomic mass is 15.3. The van der Waals surface area contributed by atoms with E-state index in [1.165, 1.54) is 0 Å². The van der Waals surface area contributed by atoms with Gasteiger partial charge in [-0.1, -0.05) is 13.8 Å². The zero-order valence-corrected chi connectivity index (χ0v) is 9.96. The molecule has 0 aliphatic rings.